The molecule has 1 fully saturated rings. The van der Waals surface area contributed by atoms with E-state index in [4.69, 9.17) is 9.84 Å². The van der Waals surface area contributed by atoms with E-state index in [1.807, 2.05) is 0 Å². The maximum absolute atomic E-state index is 6.22. The minimum absolute atomic E-state index is 0.0750. The van der Waals surface area contributed by atoms with Gasteiger partial charge in [-0.1, -0.05) is 18.2 Å². The number of ether oxygens (including phenoxy) is 1. The molecule has 19 heavy (non-hydrogen) atoms. The highest BCUT2D eigenvalue weighted by Gasteiger charge is 2.65. The first-order valence-corrected chi connectivity index (χ1v) is 7.18. The molecule has 1 spiro atoms. The standard InChI is InChI=1S/C15H19N3O/c1-3-17(2)13-10-15(13)14-11-6-4-5-7-12(11)16-18(14)8-9-19-15/h4-7,13H,3,8-10H2,1-2H3/p+1. The van der Waals surface area contributed by atoms with Crippen LogP contribution in [0.3, 0.4) is 0 Å². The zero-order chi connectivity index (χ0) is 13.0. The fraction of sp³-hybridized carbons (Fsp3) is 0.533. The molecule has 4 nitrogen and oxygen atoms in total. The van der Waals surface area contributed by atoms with Gasteiger partial charge in [0, 0.05) is 11.8 Å². The van der Waals surface area contributed by atoms with E-state index in [1.54, 1.807) is 4.90 Å². The summed E-state index contributed by atoms with van der Waals surface area (Å²) in [6.07, 6.45) is 1.13. The SMILES string of the molecule is CC[NH+](C)C1CC12OCCn1nc3ccccc3c12. The van der Waals surface area contributed by atoms with Crippen molar-refractivity contribution in [1.29, 1.82) is 0 Å². The topological polar surface area (TPSA) is 31.5 Å². The maximum Gasteiger partial charge on any atom is 0.167 e. The number of benzene rings is 1. The van der Waals surface area contributed by atoms with Crippen molar-refractivity contribution in [2.45, 2.75) is 31.5 Å². The van der Waals surface area contributed by atoms with Crippen LogP contribution >= 0.6 is 0 Å². The van der Waals surface area contributed by atoms with Gasteiger partial charge in [-0.2, -0.15) is 5.10 Å². The van der Waals surface area contributed by atoms with Crippen LogP contribution in [0.2, 0.25) is 0 Å². The molecule has 2 heterocycles. The molecule has 3 atom stereocenters. The van der Waals surface area contributed by atoms with Crippen molar-refractivity contribution in [3.8, 4) is 0 Å². The number of aromatic nitrogens is 2. The molecule has 1 aliphatic carbocycles. The summed E-state index contributed by atoms with van der Waals surface area (Å²) < 4.78 is 8.40. The van der Waals surface area contributed by atoms with Crippen LogP contribution in [0.15, 0.2) is 24.3 Å². The van der Waals surface area contributed by atoms with E-state index >= 15 is 0 Å². The fourth-order valence-electron chi connectivity index (χ4n) is 3.56. The minimum atomic E-state index is -0.0750. The maximum atomic E-state index is 6.22. The highest BCUT2D eigenvalue weighted by molar-refractivity contribution is 5.83. The Bertz CT molecular complexity index is 635. The highest BCUT2D eigenvalue weighted by atomic mass is 16.5. The van der Waals surface area contributed by atoms with Crippen LogP contribution in [0.1, 0.15) is 19.0 Å². The zero-order valence-electron chi connectivity index (χ0n) is 11.5. The lowest BCUT2D eigenvalue weighted by molar-refractivity contribution is -0.893. The number of quaternary nitrogens is 1. The summed E-state index contributed by atoms with van der Waals surface area (Å²) in [4.78, 5) is 1.55. The molecule has 2 aromatic rings. The molecule has 2 aliphatic rings. The lowest BCUT2D eigenvalue weighted by Crippen LogP contribution is -3.11. The summed E-state index contributed by atoms with van der Waals surface area (Å²) in [6.45, 7) is 5.04. The smallest absolute Gasteiger partial charge is 0.167 e. The van der Waals surface area contributed by atoms with Gasteiger partial charge in [0.05, 0.1) is 38.0 Å². The van der Waals surface area contributed by atoms with Crippen molar-refractivity contribution in [2.24, 2.45) is 0 Å². The van der Waals surface area contributed by atoms with Crippen LogP contribution in [0.5, 0.6) is 0 Å². The molecule has 0 bridgehead atoms. The Balaban J connectivity index is 1.87. The Morgan fingerprint density at radius 1 is 1.47 bits per heavy atom. The van der Waals surface area contributed by atoms with Gasteiger partial charge in [-0.15, -0.1) is 0 Å². The molecule has 4 heteroatoms. The first kappa shape index (κ1) is 11.4. The number of fused-ring (bicyclic) bond motifs is 4. The van der Waals surface area contributed by atoms with Crippen molar-refractivity contribution in [2.75, 3.05) is 20.2 Å². The summed E-state index contributed by atoms with van der Waals surface area (Å²) >= 11 is 0. The van der Waals surface area contributed by atoms with Gasteiger partial charge in [0.25, 0.3) is 0 Å². The van der Waals surface area contributed by atoms with E-state index < -0.39 is 0 Å². The van der Waals surface area contributed by atoms with E-state index in [1.165, 1.54) is 11.1 Å². The van der Waals surface area contributed by atoms with Gasteiger partial charge in [-0.25, -0.2) is 0 Å². The van der Waals surface area contributed by atoms with E-state index in [2.05, 4.69) is 42.9 Å². The van der Waals surface area contributed by atoms with Crippen molar-refractivity contribution in [3.63, 3.8) is 0 Å². The molecule has 0 radical (unpaired) electrons. The Hall–Kier alpha value is -1.39. The number of nitrogens with zero attached hydrogens (tertiary/aromatic N) is 2. The summed E-state index contributed by atoms with van der Waals surface area (Å²) in [5, 5.41) is 6.01. The second-order valence-corrected chi connectivity index (χ2v) is 5.78. The number of hydrogen-bond donors (Lipinski definition) is 1. The number of hydrogen-bond acceptors (Lipinski definition) is 2. The van der Waals surface area contributed by atoms with Crippen molar-refractivity contribution in [1.82, 2.24) is 9.78 Å². The average molecular weight is 258 g/mol. The number of likely N-dealkylation sites (N-methyl/N-ethyl adjacent to an activating group) is 1. The average Bonchev–Trinajstić information content (AvgIpc) is 3.00. The van der Waals surface area contributed by atoms with Crippen molar-refractivity contribution < 1.29 is 9.64 Å². The molecule has 4 rings (SSSR count). The van der Waals surface area contributed by atoms with Gasteiger partial charge < -0.3 is 9.64 Å². The Morgan fingerprint density at radius 3 is 3.16 bits per heavy atom. The van der Waals surface area contributed by atoms with Gasteiger partial charge in [0.15, 0.2) is 5.60 Å². The molecule has 1 saturated carbocycles. The number of rotatable bonds is 2. The summed E-state index contributed by atoms with van der Waals surface area (Å²) in [7, 11) is 2.26. The Labute approximate surface area is 113 Å². The summed E-state index contributed by atoms with van der Waals surface area (Å²) in [5.41, 5.74) is 2.34. The summed E-state index contributed by atoms with van der Waals surface area (Å²) in [5.74, 6) is 0. The predicted octanol–water partition coefficient (Wildman–Crippen LogP) is 0.569. The number of nitrogens with one attached hydrogen (secondary N) is 1. The van der Waals surface area contributed by atoms with E-state index in [0.717, 1.165) is 31.6 Å². The van der Waals surface area contributed by atoms with Crippen molar-refractivity contribution >= 4 is 10.9 Å². The molecule has 100 valence electrons. The summed E-state index contributed by atoms with van der Waals surface area (Å²) in [6, 6.07) is 9.02. The molecule has 1 aromatic carbocycles. The van der Waals surface area contributed by atoms with Crippen LogP contribution in [-0.2, 0) is 16.9 Å². The first-order valence-electron chi connectivity index (χ1n) is 7.18. The third-order valence-corrected chi connectivity index (χ3v) is 4.77. The van der Waals surface area contributed by atoms with Crippen LogP contribution < -0.4 is 4.90 Å². The fourth-order valence-corrected chi connectivity index (χ4v) is 3.56. The zero-order valence-corrected chi connectivity index (χ0v) is 11.5. The molecule has 1 N–H and O–H groups in total. The first-order chi connectivity index (χ1) is 9.26. The second kappa shape index (κ2) is 3.81. The molecule has 0 saturated heterocycles. The monoisotopic (exact) mass is 258 g/mol. The van der Waals surface area contributed by atoms with Gasteiger partial charge in [-0.05, 0) is 13.0 Å². The van der Waals surface area contributed by atoms with Crippen molar-refractivity contribution in [3.05, 3.63) is 30.0 Å². The lowest BCUT2D eigenvalue weighted by Gasteiger charge is -2.26. The lowest BCUT2D eigenvalue weighted by atomic mass is 10.1. The molecular formula is C15H20N3O+. The van der Waals surface area contributed by atoms with Crippen LogP contribution in [0.4, 0.5) is 0 Å². The van der Waals surface area contributed by atoms with E-state index in [-0.39, 0.29) is 5.60 Å². The molecule has 1 aromatic heterocycles. The van der Waals surface area contributed by atoms with Crippen LogP contribution in [-0.4, -0.2) is 36.0 Å². The van der Waals surface area contributed by atoms with Crippen LogP contribution in [0, 0.1) is 0 Å². The largest absolute Gasteiger partial charge is 0.360 e. The normalized spacial score (nSPS) is 30.5. The third kappa shape index (κ3) is 1.44. The van der Waals surface area contributed by atoms with Gasteiger partial charge in [0.2, 0.25) is 0 Å². The van der Waals surface area contributed by atoms with Crippen LogP contribution in [0.25, 0.3) is 10.9 Å². The quantitative estimate of drug-likeness (QED) is 0.854. The van der Waals surface area contributed by atoms with E-state index in [9.17, 15) is 0 Å². The van der Waals surface area contributed by atoms with Gasteiger partial charge >= 0.3 is 0 Å². The Morgan fingerprint density at radius 2 is 2.32 bits per heavy atom. The van der Waals surface area contributed by atoms with E-state index in [0.29, 0.717) is 6.04 Å². The molecular weight excluding hydrogens is 238 g/mol. The van der Waals surface area contributed by atoms with Gasteiger partial charge in [0.1, 0.15) is 6.04 Å². The minimum Gasteiger partial charge on any atom is -0.360 e. The highest BCUT2D eigenvalue weighted by Crippen LogP contribution is 2.51. The Kier molecular flexibility index (Phi) is 2.29. The molecule has 3 unspecified atom stereocenters. The third-order valence-electron chi connectivity index (χ3n) is 4.77. The predicted molar refractivity (Wildman–Crippen MR) is 73.2 cm³/mol. The van der Waals surface area contributed by atoms with Gasteiger partial charge in [-0.3, -0.25) is 4.68 Å². The molecule has 1 aliphatic heterocycles. The second-order valence-electron chi connectivity index (χ2n) is 5.78. The molecule has 0 amide bonds.